The Balaban J connectivity index is 1.31. The molecule has 8 atom stereocenters. The molecule has 3 N–H and O–H groups in total. The minimum atomic E-state index is -4.32. The van der Waals surface area contributed by atoms with Gasteiger partial charge in [-0.1, -0.05) is 34.1 Å². The molecular weight excluding hydrogens is 829 g/mol. The summed E-state index contributed by atoms with van der Waals surface area (Å²) in [6.07, 6.45) is -4.54. The lowest BCUT2D eigenvalue weighted by Gasteiger charge is -2.36. The van der Waals surface area contributed by atoms with Crippen LogP contribution < -0.4 is 24.8 Å². The lowest BCUT2D eigenvalue weighted by atomic mass is 9.85. The van der Waals surface area contributed by atoms with E-state index in [0.717, 1.165) is 4.90 Å². The van der Waals surface area contributed by atoms with Crippen molar-refractivity contribution in [3.8, 4) is 11.6 Å². The first-order valence-electron chi connectivity index (χ1n) is 20.8. The molecule has 2 aromatic rings. The SMILES string of the molecule is CCC1C2CN(C(=O)C(C(C)(C)C)NC(=O)OC3(C)CC3CCCCC(F)(F)c3nc4ccc(OC)cc4nc3O2)C1C(=O)NC1(C(=O)NS(=O)(=O)C2(C)CC2)CC1C(F)F. The Kier molecular flexibility index (Phi) is 11.2. The van der Waals surface area contributed by atoms with Crippen molar-refractivity contribution in [2.75, 3.05) is 13.7 Å². The number of alkyl halides is 4. The van der Waals surface area contributed by atoms with Gasteiger partial charge in [0.1, 0.15) is 35.1 Å². The van der Waals surface area contributed by atoms with E-state index in [1.807, 2.05) is 4.72 Å². The quantitative estimate of drug-likeness (QED) is 0.290. The van der Waals surface area contributed by atoms with Crippen LogP contribution in [0.1, 0.15) is 105 Å². The lowest BCUT2D eigenvalue weighted by Crippen LogP contribution is -2.61. The number of alkyl carbamates (subject to hydrolysis) is 1. The largest absolute Gasteiger partial charge is 0.497 e. The summed E-state index contributed by atoms with van der Waals surface area (Å²) in [5, 5.41) is 5.09. The van der Waals surface area contributed by atoms with Gasteiger partial charge in [0.05, 0.1) is 35.4 Å². The second kappa shape index (κ2) is 15.4. The molecule has 2 bridgehead atoms. The summed E-state index contributed by atoms with van der Waals surface area (Å²) in [6, 6.07) is 1.57. The van der Waals surface area contributed by atoms with Crippen molar-refractivity contribution in [1.82, 2.24) is 30.2 Å². The molecule has 7 rings (SSSR count). The fraction of sp³-hybridized carbons (Fsp3) is 0.707. The number of amides is 4. The summed E-state index contributed by atoms with van der Waals surface area (Å²) >= 11 is 0. The highest BCUT2D eigenvalue weighted by molar-refractivity contribution is 7.91. The van der Waals surface area contributed by atoms with Crippen LogP contribution >= 0.6 is 0 Å². The van der Waals surface area contributed by atoms with Gasteiger partial charge in [-0.3, -0.25) is 19.1 Å². The van der Waals surface area contributed by atoms with Crippen LogP contribution in [-0.4, -0.2) is 101 Å². The maximum absolute atomic E-state index is 16.4. The number of ether oxygens (including phenoxy) is 3. The van der Waals surface area contributed by atoms with Gasteiger partial charge in [0, 0.05) is 24.3 Å². The van der Waals surface area contributed by atoms with Crippen LogP contribution in [0.25, 0.3) is 11.0 Å². The molecule has 0 radical (unpaired) electrons. The lowest BCUT2D eigenvalue weighted by molar-refractivity contribution is -0.144. The summed E-state index contributed by atoms with van der Waals surface area (Å²) in [5.74, 6) is -9.93. The number of carbonyl (C=O) groups is 4. The van der Waals surface area contributed by atoms with Crippen LogP contribution in [0.2, 0.25) is 0 Å². The molecule has 336 valence electrons. The number of fused-ring (bicyclic) bond motifs is 5. The average molecular weight is 883 g/mol. The van der Waals surface area contributed by atoms with Gasteiger partial charge in [-0.25, -0.2) is 32.0 Å². The van der Waals surface area contributed by atoms with Crippen molar-refractivity contribution in [3.05, 3.63) is 23.9 Å². The van der Waals surface area contributed by atoms with Crippen LogP contribution in [-0.2, 0) is 35.1 Å². The Labute approximate surface area is 351 Å². The van der Waals surface area contributed by atoms with E-state index in [2.05, 4.69) is 20.6 Å². The Hall–Kier alpha value is -4.49. The third-order valence-electron chi connectivity index (χ3n) is 13.3. The van der Waals surface area contributed by atoms with Crippen LogP contribution in [0.3, 0.4) is 0 Å². The highest BCUT2D eigenvalue weighted by atomic mass is 32.2. The van der Waals surface area contributed by atoms with E-state index in [1.165, 1.54) is 26.2 Å². The molecule has 8 unspecified atom stereocenters. The molecule has 1 aromatic heterocycles. The van der Waals surface area contributed by atoms with E-state index < -0.39 is 128 Å². The fourth-order valence-corrected chi connectivity index (χ4v) is 10.1. The van der Waals surface area contributed by atoms with Gasteiger partial charge in [0.2, 0.25) is 34.1 Å². The number of hydrogen-bond donors (Lipinski definition) is 3. The maximum Gasteiger partial charge on any atom is 0.408 e. The summed E-state index contributed by atoms with van der Waals surface area (Å²) in [4.78, 5) is 66.7. The number of hydrogen-bond acceptors (Lipinski definition) is 11. The molecule has 61 heavy (non-hydrogen) atoms. The van der Waals surface area contributed by atoms with Gasteiger partial charge in [0.25, 0.3) is 11.8 Å². The molecule has 3 aliphatic carbocycles. The minimum absolute atomic E-state index is 0.0483. The zero-order chi connectivity index (χ0) is 44.7. The summed E-state index contributed by atoms with van der Waals surface area (Å²) in [5.41, 5.74) is -4.76. The van der Waals surface area contributed by atoms with Crippen LogP contribution in [0.4, 0.5) is 22.4 Å². The predicted octanol–water partition coefficient (Wildman–Crippen LogP) is 5.35. The van der Waals surface area contributed by atoms with Crippen LogP contribution in [0, 0.1) is 23.2 Å². The number of nitrogens with zero attached hydrogens (tertiary/aromatic N) is 3. The second-order valence-corrected chi connectivity index (χ2v) is 21.1. The third kappa shape index (κ3) is 8.41. The first kappa shape index (κ1) is 44.6. The topological polar surface area (TPSA) is 195 Å². The van der Waals surface area contributed by atoms with Crippen molar-refractivity contribution in [2.45, 2.75) is 146 Å². The van der Waals surface area contributed by atoms with Crippen molar-refractivity contribution >= 4 is 44.9 Å². The monoisotopic (exact) mass is 882 g/mol. The summed E-state index contributed by atoms with van der Waals surface area (Å²) < 4.78 is 106. The van der Waals surface area contributed by atoms with Gasteiger partial charge in [-0.2, -0.15) is 8.78 Å². The Morgan fingerprint density at radius 1 is 1.07 bits per heavy atom. The van der Waals surface area contributed by atoms with Crippen LogP contribution in [0.15, 0.2) is 18.2 Å². The van der Waals surface area contributed by atoms with E-state index in [-0.39, 0.29) is 42.6 Å². The standard InChI is InChI=1S/C41H54F4N6O9S/c1-8-23-27-20-51(28(23)32(52)49-40(19-24(40)31(42)43)35(54)50-61(56,57)38(5)15-16-38)34(53)30(37(2,3)4)48-36(55)60-39(6)18-21(39)11-9-10-14-41(44,45)29-33(59-27)47-26-17-22(58-7)12-13-25(26)46-29/h12-13,17,21,23-24,27-28,30-31H,8-11,14-16,18-20H2,1-7H3,(H,48,55)(H,49,52)(H,50,54). The molecule has 3 saturated carbocycles. The first-order valence-corrected chi connectivity index (χ1v) is 22.2. The number of rotatable bonds is 8. The van der Waals surface area contributed by atoms with Gasteiger partial charge < -0.3 is 29.7 Å². The van der Waals surface area contributed by atoms with Gasteiger partial charge in [-0.05, 0) is 76.3 Å². The molecule has 0 spiro atoms. The maximum atomic E-state index is 16.4. The number of methoxy groups -OCH3 is 1. The molecule has 1 aromatic carbocycles. The smallest absolute Gasteiger partial charge is 0.408 e. The predicted molar refractivity (Wildman–Crippen MR) is 211 cm³/mol. The van der Waals surface area contributed by atoms with E-state index >= 15 is 8.78 Å². The summed E-state index contributed by atoms with van der Waals surface area (Å²) in [6.45, 7) is 9.35. The minimum Gasteiger partial charge on any atom is -0.497 e. The first-order chi connectivity index (χ1) is 28.4. The normalized spacial score (nSPS) is 32.2. The van der Waals surface area contributed by atoms with Crippen molar-refractivity contribution in [3.63, 3.8) is 0 Å². The van der Waals surface area contributed by atoms with Gasteiger partial charge in [-0.15, -0.1) is 0 Å². The number of benzene rings is 1. The molecule has 1 saturated heterocycles. The molecule has 4 fully saturated rings. The van der Waals surface area contributed by atoms with Gasteiger partial charge >= 0.3 is 6.09 Å². The molecule has 4 amide bonds. The van der Waals surface area contributed by atoms with Crippen molar-refractivity contribution < 1.29 is 59.4 Å². The number of carbonyl (C=O) groups excluding carboxylic acids is 4. The van der Waals surface area contributed by atoms with E-state index in [4.69, 9.17) is 14.2 Å². The zero-order valence-electron chi connectivity index (χ0n) is 35.3. The average Bonchev–Trinajstić information content (AvgIpc) is 4.13. The molecule has 15 nitrogen and oxygen atoms in total. The van der Waals surface area contributed by atoms with E-state index in [0.29, 0.717) is 25.0 Å². The molecule has 2 aliphatic heterocycles. The summed E-state index contributed by atoms with van der Waals surface area (Å²) in [7, 11) is -2.90. The number of nitrogens with one attached hydrogen (secondary N) is 3. The Bertz CT molecular complexity index is 2220. The molecule has 5 aliphatic rings. The van der Waals surface area contributed by atoms with Crippen LogP contribution in [0.5, 0.6) is 11.6 Å². The molecule has 3 heterocycles. The van der Waals surface area contributed by atoms with E-state index in [1.54, 1.807) is 40.7 Å². The molecule has 20 heteroatoms. The van der Waals surface area contributed by atoms with Crippen molar-refractivity contribution in [1.29, 1.82) is 0 Å². The third-order valence-corrected chi connectivity index (χ3v) is 15.5. The Morgan fingerprint density at radius 2 is 1.77 bits per heavy atom. The van der Waals surface area contributed by atoms with Gasteiger partial charge in [0.15, 0.2) is 5.69 Å². The Morgan fingerprint density at radius 3 is 2.38 bits per heavy atom. The number of halogens is 4. The zero-order valence-corrected chi connectivity index (χ0v) is 36.1. The highest BCUT2D eigenvalue weighted by Crippen LogP contribution is 2.51. The van der Waals surface area contributed by atoms with E-state index in [9.17, 15) is 36.4 Å². The van der Waals surface area contributed by atoms with Crippen molar-refractivity contribution in [2.24, 2.45) is 23.2 Å². The second-order valence-electron chi connectivity index (χ2n) is 18.9. The fourth-order valence-electron chi connectivity index (χ4n) is 8.78. The molecular formula is C41H54F4N6O9S. The number of sulfonamides is 1. The number of aromatic nitrogens is 2. The highest BCUT2D eigenvalue weighted by Gasteiger charge is 2.68.